The molecule has 230 valence electrons. The van der Waals surface area contributed by atoms with Crippen LogP contribution >= 0.6 is 0 Å². The van der Waals surface area contributed by atoms with Gasteiger partial charge in [-0.1, -0.05) is 18.2 Å². The Morgan fingerprint density at radius 2 is 1.61 bits per heavy atom. The number of methoxy groups -OCH3 is 1. The maximum absolute atomic E-state index is 13.8. The predicted octanol–water partition coefficient (Wildman–Crippen LogP) is 2.80. The fraction of sp³-hybridized carbons (Fsp3) is 0.364. The van der Waals surface area contributed by atoms with Crippen molar-refractivity contribution in [1.82, 2.24) is 15.5 Å². The lowest BCUT2D eigenvalue weighted by Crippen LogP contribution is -2.45. The van der Waals surface area contributed by atoms with E-state index < -0.39 is 12.1 Å². The lowest BCUT2D eigenvalue weighted by atomic mass is 10.1. The van der Waals surface area contributed by atoms with Crippen molar-refractivity contribution in [3.05, 3.63) is 76.9 Å². The van der Waals surface area contributed by atoms with E-state index in [1.807, 2.05) is 43.3 Å². The highest BCUT2D eigenvalue weighted by molar-refractivity contribution is 5.97. The third-order valence-electron chi connectivity index (χ3n) is 7.95. The van der Waals surface area contributed by atoms with Gasteiger partial charge >= 0.3 is 0 Å². The van der Waals surface area contributed by atoms with Crippen LogP contribution in [0, 0.1) is 6.92 Å². The minimum Gasteiger partial charge on any atom is -0.493 e. The van der Waals surface area contributed by atoms with Crippen LogP contribution in [-0.4, -0.2) is 74.8 Å². The molecule has 7 rings (SSSR count). The SMILES string of the molecule is COc1ccc2cc1OCC(=O)NCc1ccc(cc1)O[C@H]1CN(C(=O)c3cc4c(cc3C)OCCO4)C[C@@H]1NC(=O)CC2. The third-order valence-corrected chi connectivity index (χ3v) is 7.95. The zero-order valence-corrected chi connectivity index (χ0v) is 24.7. The number of benzene rings is 3. The molecule has 3 aromatic carbocycles. The second kappa shape index (κ2) is 12.7. The van der Waals surface area contributed by atoms with Crippen molar-refractivity contribution in [1.29, 1.82) is 0 Å². The van der Waals surface area contributed by atoms with Crippen molar-refractivity contribution in [2.24, 2.45) is 0 Å². The topological polar surface area (TPSA) is 125 Å². The minimum atomic E-state index is -0.478. The largest absolute Gasteiger partial charge is 0.493 e. The van der Waals surface area contributed by atoms with Crippen molar-refractivity contribution >= 4 is 17.7 Å². The summed E-state index contributed by atoms with van der Waals surface area (Å²) in [5.41, 5.74) is 3.04. The maximum Gasteiger partial charge on any atom is 0.258 e. The average Bonchev–Trinajstić information content (AvgIpc) is 3.42. The number of amides is 3. The molecule has 0 radical (unpaired) electrons. The fourth-order valence-corrected chi connectivity index (χ4v) is 5.57. The summed E-state index contributed by atoms with van der Waals surface area (Å²) in [4.78, 5) is 41.1. The molecule has 2 atom stereocenters. The second-order valence-electron chi connectivity index (χ2n) is 11.0. The molecule has 1 saturated heterocycles. The molecule has 0 spiro atoms. The van der Waals surface area contributed by atoms with Crippen molar-refractivity contribution in [3.8, 4) is 28.7 Å². The third kappa shape index (κ3) is 6.51. The van der Waals surface area contributed by atoms with E-state index in [2.05, 4.69) is 10.6 Å². The number of nitrogens with one attached hydrogen (secondary N) is 2. The van der Waals surface area contributed by atoms with Gasteiger partial charge in [0, 0.05) is 25.1 Å². The van der Waals surface area contributed by atoms with E-state index in [1.54, 1.807) is 23.1 Å². The molecule has 11 heteroatoms. The highest BCUT2D eigenvalue weighted by Gasteiger charge is 2.39. The van der Waals surface area contributed by atoms with Gasteiger partial charge in [-0.15, -0.1) is 0 Å². The van der Waals surface area contributed by atoms with Crippen LogP contribution in [0.3, 0.4) is 0 Å². The summed E-state index contributed by atoms with van der Waals surface area (Å²) >= 11 is 0. The van der Waals surface area contributed by atoms with Crippen molar-refractivity contribution < 1.29 is 38.1 Å². The second-order valence-corrected chi connectivity index (χ2v) is 11.0. The number of nitrogens with zero attached hydrogens (tertiary/aromatic N) is 1. The van der Waals surface area contributed by atoms with Gasteiger partial charge in [0.05, 0.1) is 19.7 Å². The molecule has 44 heavy (non-hydrogen) atoms. The number of ether oxygens (including phenoxy) is 5. The van der Waals surface area contributed by atoms with Crippen LogP contribution in [0.1, 0.15) is 33.5 Å². The summed E-state index contributed by atoms with van der Waals surface area (Å²) in [5, 5.41) is 5.97. The molecule has 2 N–H and O–H groups in total. The zero-order valence-electron chi connectivity index (χ0n) is 24.7. The molecule has 0 aromatic heterocycles. The van der Waals surface area contributed by atoms with Gasteiger partial charge in [-0.2, -0.15) is 0 Å². The first-order valence-corrected chi connectivity index (χ1v) is 14.7. The first-order chi connectivity index (χ1) is 21.4. The first kappa shape index (κ1) is 29.2. The molecule has 1 fully saturated rings. The smallest absolute Gasteiger partial charge is 0.258 e. The average molecular weight is 602 g/mol. The molecule has 4 aliphatic heterocycles. The minimum absolute atomic E-state index is 0.167. The predicted molar refractivity (Wildman–Crippen MR) is 160 cm³/mol. The van der Waals surface area contributed by atoms with E-state index >= 15 is 0 Å². The number of hydrogen-bond donors (Lipinski definition) is 2. The Morgan fingerprint density at radius 1 is 0.864 bits per heavy atom. The van der Waals surface area contributed by atoms with Crippen LogP contribution in [0.15, 0.2) is 54.6 Å². The lowest BCUT2D eigenvalue weighted by Gasteiger charge is -2.22. The summed E-state index contributed by atoms with van der Waals surface area (Å²) in [6, 6.07) is 15.9. The Morgan fingerprint density at radius 3 is 2.39 bits per heavy atom. The zero-order chi connectivity index (χ0) is 30.6. The maximum atomic E-state index is 13.8. The molecule has 3 aromatic rings. The van der Waals surface area contributed by atoms with Crippen LogP contribution < -0.4 is 34.3 Å². The molecular formula is C33H35N3O8. The van der Waals surface area contributed by atoms with Gasteiger partial charge in [-0.3, -0.25) is 14.4 Å². The summed E-state index contributed by atoms with van der Waals surface area (Å²) in [5.74, 6) is 2.08. The highest BCUT2D eigenvalue weighted by atomic mass is 16.6. The van der Waals surface area contributed by atoms with Gasteiger partial charge in [0.15, 0.2) is 29.6 Å². The van der Waals surface area contributed by atoms with Gasteiger partial charge in [0.1, 0.15) is 25.1 Å². The Bertz CT molecular complexity index is 1560. The number of carbonyl (C=O) groups excluding carboxylic acids is 3. The van der Waals surface area contributed by atoms with Gasteiger partial charge in [-0.05, 0) is 66.4 Å². The van der Waals surface area contributed by atoms with E-state index in [4.69, 9.17) is 23.7 Å². The summed E-state index contributed by atoms with van der Waals surface area (Å²) < 4.78 is 28.9. The fourth-order valence-electron chi connectivity index (χ4n) is 5.57. The number of fused-ring (bicyclic) bond motifs is 10. The number of likely N-dealkylation sites (tertiary alicyclic amines) is 1. The normalized spacial score (nSPS) is 20.1. The van der Waals surface area contributed by atoms with Gasteiger partial charge in [-0.25, -0.2) is 0 Å². The molecule has 4 bridgehead atoms. The summed E-state index contributed by atoms with van der Waals surface area (Å²) in [6.07, 6.45) is 0.171. The van der Waals surface area contributed by atoms with Gasteiger partial charge < -0.3 is 39.2 Å². The molecule has 0 saturated carbocycles. The molecule has 4 heterocycles. The molecule has 3 amide bonds. The summed E-state index contributed by atoms with van der Waals surface area (Å²) in [6.45, 7) is 3.48. The van der Waals surface area contributed by atoms with Crippen LogP contribution in [0.4, 0.5) is 0 Å². The van der Waals surface area contributed by atoms with E-state index in [0.717, 1.165) is 16.7 Å². The quantitative estimate of drug-likeness (QED) is 0.460. The van der Waals surface area contributed by atoms with E-state index in [0.29, 0.717) is 60.5 Å². The molecule has 4 aliphatic rings. The number of rotatable bonds is 2. The number of aryl methyl sites for hydroxylation is 2. The van der Waals surface area contributed by atoms with Crippen molar-refractivity contribution in [2.45, 2.75) is 38.5 Å². The Labute approximate surface area is 255 Å². The van der Waals surface area contributed by atoms with Crippen LogP contribution in [-0.2, 0) is 22.6 Å². The Balaban J connectivity index is 1.24. The van der Waals surface area contributed by atoms with E-state index in [9.17, 15) is 14.4 Å². The van der Waals surface area contributed by atoms with Crippen molar-refractivity contribution in [3.63, 3.8) is 0 Å². The van der Waals surface area contributed by atoms with E-state index in [-0.39, 0.29) is 43.8 Å². The molecule has 11 nitrogen and oxygen atoms in total. The van der Waals surface area contributed by atoms with Crippen molar-refractivity contribution in [2.75, 3.05) is 40.0 Å². The first-order valence-electron chi connectivity index (χ1n) is 14.7. The van der Waals surface area contributed by atoms with Crippen LogP contribution in [0.5, 0.6) is 28.7 Å². The molecule has 0 aliphatic carbocycles. The number of hydrogen-bond acceptors (Lipinski definition) is 8. The lowest BCUT2D eigenvalue weighted by molar-refractivity contribution is -0.123. The molecule has 0 unspecified atom stereocenters. The van der Waals surface area contributed by atoms with Gasteiger partial charge in [0.2, 0.25) is 5.91 Å². The number of carbonyl (C=O) groups is 3. The van der Waals surface area contributed by atoms with Crippen LogP contribution in [0.25, 0.3) is 0 Å². The Hall–Kier alpha value is -4.93. The molecular weight excluding hydrogens is 566 g/mol. The Kier molecular flexibility index (Phi) is 8.44. The standard InChI is InChI=1S/C33H35N3O8/c1-20-13-27-29(42-12-11-41-27)15-24(20)33(39)36-17-25-30(18-36)44-23-7-3-22(4-8-23)16-34-32(38)19-43-28-14-21(5-9-26(28)40-2)6-10-31(37)35-25/h3-5,7-9,13-15,25,30H,6,10-12,16-19H2,1-2H3,(H,34,38)(H,35,37)/t25-,30-/m0/s1. The summed E-state index contributed by atoms with van der Waals surface area (Å²) in [7, 11) is 1.53. The highest BCUT2D eigenvalue weighted by Crippen LogP contribution is 2.34. The van der Waals surface area contributed by atoms with Crippen LogP contribution in [0.2, 0.25) is 0 Å². The van der Waals surface area contributed by atoms with Gasteiger partial charge in [0.25, 0.3) is 11.8 Å². The van der Waals surface area contributed by atoms with E-state index in [1.165, 1.54) is 7.11 Å². The monoisotopic (exact) mass is 601 g/mol.